The molecule has 3 heteroatoms. The van der Waals surface area contributed by atoms with E-state index in [1.165, 1.54) is 5.56 Å². The minimum absolute atomic E-state index is 0.851. The van der Waals surface area contributed by atoms with Gasteiger partial charge in [-0.3, -0.25) is 0 Å². The molecule has 0 amide bonds. The Kier molecular flexibility index (Phi) is 3.25. The van der Waals surface area contributed by atoms with Crippen molar-refractivity contribution in [3.8, 4) is 0 Å². The number of benzene rings is 1. The second kappa shape index (κ2) is 4.66. The molecule has 82 valence electrons. The third-order valence-corrected chi connectivity index (χ3v) is 2.91. The molecule has 0 aliphatic heterocycles. The molecule has 0 bridgehead atoms. The summed E-state index contributed by atoms with van der Waals surface area (Å²) in [4.78, 5) is 6.47. The highest BCUT2D eigenvalue weighted by atomic mass is 79.9. The van der Waals surface area contributed by atoms with Gasteiger partial charge in [-0.25, -0.2) is 4.98 Å². The molecule has 0 spiro atoms. The molecule has 0 fully saturated rings. The van der Waals surface area contributed by atoms with Crippen molar-refractivity contribution < 1.29 is 0 Å². The average Bonchev–Trinajstić information content (AvgIpc) is 2.29. The SMILES string of the molecule is Cc1ccc(N(C)c2cccc(Br)n2)cc1. The first-order chi connectivity index (χ1) is 7.66. The van der Waals surface area contributed by atoms with E-state index >= 15 is 0 Å². The Balaban J connectivity index is 2.31. The number of halogens is 1. The van der Waals surface area contributed by atoms with E-state index in [1.54, 1.807) is 0 Å². The van der Waals surface area contributed by atoms with E-state index in [0.29, 0.717) is 0 Å². The maximum Gasteiger partial charge on any atom is 0.134 e. The predicted molar refractivity (Wildman–Crippen MR) is 71.2 cm³/mol. The summed E-state index contributed by atoms with van der Waals surface area (Å²) in [5, 5.41) is 0. The van der Waals surface area contributed by atoms with Crippen molar-refractivity contribution in [3.63, 3.8) is 0 Å². The number of aryl methyl sites for hydroxylation is 1. The van der Waals surface area contributed by atoms with Gasteiger partial charge in [0.05, 0.1) is 0 Å². The summed E-state index contributed by atoms with van der Waals surface area (Å²) in [6.45, 7) is 2.08. The third kappa shape index (κ3) is 2.42. The molecule has 0 aliphatic rings. The van der Waals surface area contributed by atoms with Gasteiger partial charge in [0.2, 0.25) is 0 Å². The summed E-state index contributed by atoms with van der Waals surface area (Å²) < 4.78 is 0.851. The van der Waals surface area contributed by atoms with Gasteiger partial charge in [-0.1, -0.05) is 23.8 Å². The van der Waals surface area contributed by atoms with Gasteiger partial charge in [-0.15, -0.1) is 0 Å². The van der Waals surface area contributed by atoms with Crippen molar-refractivity contribution in [2.24, 2.45) is 0 Å². The van der Waals surface area contributed by atoms with Crippen LogP contribution in [0.15, 0.2) is 47.1 Å². The molecule has 0 radical (unpaired) electrons. The van der Waals surface area contributed by atoms with Crippen LogP contribution < -0.4 is 4.90 Å². The van der Waals surface area contributed by atoms with Crippen molar-refractivity contribution in [3.05, 3.63) is 52.6 Å². The van der Waals surface area contributed by atoms with Gasteiger partial charge in [0.1, 0.15) is 10.4 Å². The van der Waals surface area contributed by atoms with Gasteiger partial charge < -0.3 is 4.90 Å². The number of hydrogen-bond acceptors (Lipinski definition) is 2. The Morgan fingerprint density at radius 1 is 1.06 bits per heavy atom. The summed E-state index contributed by atoms with van der Waals surface area (Å²) in [6, 6.07) is 14.3. The maximum absolute atomic E-state index is 4.41. The van der Waals surface area contributed by atoms with Crippen LogP contribution in [-0.2, 0) is 0 Å². The van der Waals surface area contributed by atoms with Gasteiger partial charge in [0.25, 0.3) is 0 Å². The van der Waals surface area contributed by atoms with Crippen LogP contribution in [0.5, 0.6) is 0 Å². The van der Waals surface area contributed by atoms with E-state index in [-0.39, 0.29) is 0 Å². The van der Waals surface area contributed by atoms with Crippen LogP contribution in [0.4, 0.5) is 11.5 Å². The van der Waals surface area contributed by atoms with E-state index in [0.717, 1.165) is 16.1 Å². The molecule has 0 N–H and O–H groups in total. The summed E-state index contributed by atoms with van der Waals surface area (Å²) in [6.07, 6.45) is 0. The normalized spacial score (nSPS) is 10.2. The quantitative estimate of drug-likeness (QED) is 0.773. The molecular formula is C13H13BrN2. The van der Waals surface area contributed by atoms with Gasteiger partial charge in [0, 0.05) is 12.7 Å². The monoisotopic (exact) mass is 276 g/mol. The molecule has 0 unspecified atom stereocenters. The summed E-state index contributed by atoms with van der Waals surface area (Å²) in [5.41, 5.74) is 2.40. The predicted octanol–water partition coefficient (Wildman–Crippen LogP) is 3.92. The maximum atomic E-state index is 4.41. The highest BCUT2D eigenvalue weighted by Gasteiger charge is 2.04. The Labute approximate surface area is 104 Å². The lowest BCUT2D eigenvalue weighted by Gasteiger charge is -2.18. The van der Waals surface area contributed by atoms with Crippen LogP contribution >= 0.6 is 15.9 Å². The van der Waals surface area contributed by atoms with Crippen molar-refractivity contribution in [2.75, 3.05) is 11.9 Å². The largest absolute Gasteiger partial charge is 0.329 e. The summed E-state index contributed by atoms with van der Waals surface area (Å²) >= 11 is 3.38. The van der Waals surface area contributed by atoms with E-state index in [9.17, 15) is 0 Å². The average molecular weight is 277 g/mol. The minimum Gasteiger partial charge on any atom is -0.329 e. The number of hydrogen-bond donors (Lipinski definition) is 0. The molecule has 1 aromatic heterocycles. The van der Waals surface area contributed by atoms with Crippen LogP contribution in [-0.4, -0.2) is 12.0 Å². The molecule has 2 nitrogen and oxygen atoms in total. The van der Waals surface area contributed by atoms with Gasteiger partial charge in [-0.2, -0.15) is 0 Å². The Morgan fingerprint density at radius 3 is 2.38 bits per heavy atom. The molecule has 16 heavy (non-hydrogen) atoms. The Hall–Kier alpha value is -1.35. The zero-order valence-electron chi connectivity index (χ0n) is 9.31. The fraction of sp³-hybridized carbons (Fsp3) is 0.154. The van der Waals surface area contributed by atoms with Gasteiger partial charge in [0.15, 0.2) is 0 Å². The zero-order chi connectivity index (χ0) is 11.5. The summed E-state index contributed by atoms with van der Waals surface area (Å²) in [7, 11) is 2.01. The molecule has 0 saturated heterocycles. The summed E-state index contributed by atoms with van der Waals surface area (Å²) in [5.74, 6) is 0.929. The standard InChI is InChI=1S/C13H13BrN2/c1-10-6-8-11(9-7-10)16(2)13-5-3-4-12(14)15-13/h3-9H,1-2H3. The van der Waals surface area contributed by atoms with E-state index in [1.807, 2.05) is 25.2 Å². The molecular weight excluding hydrogens is 264 g/mol. The van der Waals surface area contributed by atoms with Crippen molar-refractivity contribution in [1.82, 2.24) is 4.98 Å². The lowest BCUT2D eigenvalue weighted by Crippen LogP contribution is -2.10. The Morgan fingerprint density at radius 2 is 1.75 bits per heavy atom. The Bertz CT molecular complexity index is 480. The number of anilines is 2. The molecule has 0 saturated carbocycles. The minimum atomic E-state index is 0.851. The zero-order valence-corrected chi connectivity index (χ0v) is 10.9. The van der Waals surface area contributed by atoms with Gasteiger partial charge in [-0.05, 0) is 47.1 Å². The molecule has 2 rings (SSSR count). The topological polar surface area (TPSA) is 16.1 Å². The van der Waals surface area contributed by atoms with E-state index in [2.05, 4.69) is 57.0 Å². The molecule has 0 aliphatic carbocycles. The van der Waals surface area contributed by atoms with Crippen molar-refractivity contribution in [2.45, 2.75) is 6.92 Å². The highest BCUT2D eigenvalue weighted by molar-refractivity contribution is 9.10. The van der Waals surface area contributed by atoms with Crippen LogP contribution in [0.1, 0.15) is 5.56 Å². The van der Waals surface area contributed by atoms with Gasteiger partial charge >= 0.3 is 0 Å². The smallest absolute Gasteiger partial charge is 0.134 e. The molecule has 1 aromatic carbocycles. The highest BCUT2D eigenvalue weighted by Crippen LogP contribution is 2.22. The third-order valence-electron chi connectivity index (χ3n) is 2.47. The first-order valence-electron chi connectivity index (χ1n) is 5.10. The van der Waals surface area contributed by atoms with Crippen LogP contribution in [0.25, 0.3) is 0 Å². The fourth-order valence-corrected chi connectivity index (χ4v) is 1.82. The first-order valence-corrected chi connectivity index (χ1v) is 5.89. The van der Waals surface area contributed by atoms with Crippen LogP contribution in [0, 0.1) is 6.92 Å². The second-order valence-corrected chi connectivity index (χ2v) is 4.53. The number of aromatic nitrogens is 1. The van der Waals surface area contributed by atoms with Crippen LogP contribution in [0.3, 0.4) is 0 Å². The van der Waals surface area contributed by atoms with E-state index < -0.39 is 0 Å². The lowest BCUT2D eigenvalue weighted by atomic mass is 10.2. The van der Waals surface area contributed by atoms with Crippen molar-refractivity contribution in [1.29, 1.82) is 0 Å². The first kappa shape index (κ1) is 11.1. The lowest BCUT2D eigenvalue weighted by molar-refractivity contribution is 1.11. The fourth-order valence-electron chi connectivity index (χ4n) is 1.48. The van der Waals surface area contributed by atoms with E-state index in [4.69, 9.17) is 0 Å². The molecule has 0 atom stereocenters. The van der Waals surface area contributed by atoms with Crippen LogP contribution in [0.2, 0.25) is 0 Å². The number of rotatable bonds is 2. The number of pyridine rings is 1. The molecule has 1 heterocycles. The molecule has 2 aromatic rings. The second-order valence-electron chi connectivity index (χ2n) is 3.71. The van der Waals surface area contributed by atoms with Crippen molar-refractivity contribution >= 4 is 27.4 Å². The number of nitrogens with zero attached hydrogens (tertiary/aromatic N) is 2.